The molecule has 0 saturated carbocycles. The number of aromatic nitrogens is 4. The third-order valence-electron chi connectivity index (χ3n) is 4.31. The lowest BCUT2D eigenvalue weighted by Gasteiger charge is -2.17. The Bertz CT molecular complexity index is 933. The fraction of sp³-hybridized carbons (Fsp3) is 0.333. The number of benzene rings is 1. The molecule has 0 spiro atoms. The van der Waals surface area contributed by atoms with Gasteiger partial charge in [-0.1, -0.05) is 12.1 Å². The number of hydrogen-bond donors (Lipinski definition) is 1. The van der Waals surface area contributed by atoms with Gasteiger partial charge in [0.05, 0.1) is 18.8 Å². The average molecular weight is 353 g/mol. The van der Waals surface area contributed by atoms with E-state index in [0.717, 1.165) is 29.9 Å². The average Bonchev–Trinajstić information content (AvgIpc) is 3.31. The lowest BCUT2D eigenvalue weighted by molar-refractivity contribution is 0.0951. The predicted molar refractivity (Wildman–Crippen MR) is 93.0 cm³/mol. The lowest BCUT2D eigenvalue weighted by Crippen LogP contribution is -2.24. The van der Waals surface area contributed by atoms with Gasteiger partial charge in [-0.25, -0.2) is 0 Å². The molecular weight excluding hydrogens is 334 g/mol. The summed E-state index contributed by atoms with van der Waals surface area (Å²) in [4.78, 5) is 12.6. The predicted octanol–water partition coefficient (Wildman–Crippen LogP) is 1.53. The molecule has 3 aromatic rings. The van der Waals surface area contributed by atoms with Gasteiger partial charge < -0.3 is 14.8 Å². The van der Waals surface area contributed by atoms with Crippen molar-refractivity contribution in [2.45, 2.75) is 26.0 Å². The van der Waals surface area contributed by atoms with Crippen molar-refractivity contribution >= 4 is 11.6 Å². The second-order valence-corrected chi connectivity index (χ2v) is 6.27. The first kappa shape index (κ1) is 16.5. The van der Waals surface area contributed by atoms with Crippen molar-refractivity contribution in [2.24, 2.45) is 0 Å². The third-order valence-corrected chi connectivity index (χ3v) is 4.31. The van der Waals surface area contributed by atoms with E-state index in [1.807, 2.05) is 25.1 Å². The van der Waals surface area contributed by atoms with E-state index in [1.54, 1.807) is 18.3 Å². The maximum atomic E-state index is 12.6. The number of nitrogens with zero attached hydrogens (tertiary/aromatic N) is 4. The topological polar surface area (TPSA) is 90.6 Å². The van der Waals surface area contributed by atoms with Crippen LogP contribution in [0.5, 0.6) is 5.75 Å². The molecule has 1 aliphatic rings. The molecule has 26 heavy (non-hydrogen) atoms. The van der Waals surface area contributed by atoms with Crippen molar-refractivity contribution in [2.75, 3.05) is 13.2 Å². The number of tetrazole rings is 1. The van der Waals surface area contributed by atoms with E-state index in [4.69, 9.17) is 9.47 Å². The number of ether oxygens (including phenoxy) is 2. The Labute approximate surface area is 150 Å². The van der Waals surface area contributed by atoms with Gasteiger partial charge in [0.1, 0.15) is 11.9 Å². The maximum Gasteiger partial charge on any atom is 0.255 e. The molecule has 8 heteroatoms. The number of pyridine rings is 1. The molecule has 0 bridgehead atoms. The molecule has 1 aromatic carbocycles. The maximum absolute atomic E-state index is 12.6. The van der Waals surface area contributed by atoms with Gasteiger partial charge in [0, 0.05) is 24.7 Å². The summed E-state index contributed by atoms with van der Waals surface area (Å²) in [6.07, 6.45) is 2.63. The molecule has 8 nitrogen and oxygen atoms in total. The first-order chi connectivity index (χ1) is 12.7. The van der Waals surface area contributed by atoms with Gasteiger partial charge in [-0.3, -0.25) is 4.79 Å². The molecule has 2 aromatic heterocycles. The first-order valence-corrected chi connectivity index (χ1v) is 8.49. The zero-order valence-electron chi connectivity index (χ0n) is 14.4. The van der Waals surface area contributed by atoms with E-state index in [1.165, 1.54) is 4.52 Å². The third kappa shape index (κ3) is 3.36. The van der Waals surface area contributed by atoms with E-state index in [9.17, 15) is 4.79 Å². The fourth-order valence-corrected chi connectivity index (χ4v) is 2.92. The number of rotatable bonds is 5. The van der Waals surface area contributed by atoms with Gasteiger partial charge in [0.25, 0.3) is 5.91 Å². The van der Waals surface area contributed by atoms with Gasteiger partial charge in [0.2, 0.25) is 0 Å². The summed E-state index contributed by atoms with van der Waals surface area (Å²) < 4.78 is 12.9. The van der Waals surface area contributed by atoms with E-state index in [0.29, 0.717) is 24.4 Å². The quantitative estimate of drug-likeness (QED) is 0.748. The van der Waals surface area contributed by atoms with E-state index >= 15 is 0 Å². The molecule has 1 saturated heterocycles. The first-order valence-electron chi connectivity index (χ1n) is 8.49. The largest absolute Gasteiger partial charge is 0.488 e. The molecule has 4 rings (SSSR count). The zero-order chi connectivity index (χ0) is 17.9. The van der Waals surface area contributed by atoms with Crippen LogP contribution in [0.4, 0.5) is 0 Å². The van der Waals surface area contributed by atoms with Crippen LogP contribution in [0.25, 0.3) is 5.65 Å². The molecule has 1 atom stereocenters. The van der Waals surface area contributed by atoms with Crippen LogP contribution in [0.3, 0.4) is 0 Å². The summed E-state index contributed by atoms with van der Waals surface area (Å²) in [6, 6.07) is 9.40. The summed E-state index contributed by atoms with van der Waals surface area (Å²) in [6.45, 7) is 3.69. The van der Waals surface area contributed by atoms with Crippen LogP contribution in [0.15, 0.2) is 36.5 Å². The molecule has 1 fully saturated rings. The second kappa shape index (κ2) is 7.09. The van der Waals surface area contributed by atoms with Crippen molar-refractivity contribution in [3.8, 4) is 5.75 Å². The summed E-state index contributed by atoms with van der Waals surface area (Å²) in [5, 5.41) is 14.2. The molecular formula is C18H19N5O3. The molecule has 1 unspecified atom stereocenters. The van der Waals surface area contributed by atoms with Gasteiger partial charge >= 0.3 is 0 Å². The van der Waals surface area contributed by atoms with E-state index in [2.05, 4.69) is 20.8 Å². The Hall–Kier alpha value is -3.00. The van der Waals surface area contributed by atoms with Crippen molar-refractivity contribution in [3.05, 3.63) is 53.2 Å². The lowest BCUT2D eigenvalue weighted by atomic mass is 10.1. The van der Waals surface area contributed by atoms with Crippen molar-refractivity contribution in [3.63, 3.8) is 0 Å². The Balaban J connectivity index is 1.50. The summed E-state index contributed by atoms with van der Waals surface area (Å²) in [5.74, 6) is 0.546. The number of nitrogens with one attached hydrogen (secondary N) is 1. The monoisotopic (exact) mass is 353 g/mol. The molecule has 1 aliphatic heterocycles. The highest BCUT2D eigenvalue weighted by molar-refractivity contribution is 5.99. The second-order valence-electron chi connectivity index (χ2n) is 6.27. The fourth-order valence-electron chi connectivity index (χ4n) is 2.92. The molecule has 0 aliphatic carbocycles. The number of aryl methyl sites for hydroxylation is 1. The Kier molecular flexibility index (Phi) is 4.49. The molecule has 1 amide bonds. The number of carbonyl (C=O) groups is 1. The van der Waals surface area contributed by atoms with Gasteiger partial charge in [-0.15, -0.1) is 5.10 Å². The number of amides is 1. The van der Waals surface area contributed by atoms with Crippen molar-refractivity contribution in [1.29, 1.82) is 0 Å². The highest BCUT2D eigenvalue weighted by atomic mass is 16.5. The summed E-state index contributed by atoms with van der Waals surface area (Å²) in [7, 11) is 0. The Morgan fingerprint density at radius 3 is 3.19 bits per heavy atom. The highest BCUT2D eigenvalue weighted by Gasteiger charge is 2.19. The van der Waals surface area contributed by atoms with Crippen LogP contribution in [0.2, 0.25) is 0 Å². The van der Waals surface area contributed by atoms with Gasteiger partial charge in [0.15, 0.2) is 5.65 Å². The summed E-state index contributed by atoms with van der Waals surface area (Å²) in [5.41, 5.74) is 2.88. The summed E-state index contributed by atoms with van der Waals surface area (Å²) >= 11 is 0. The number of fused-ring (bicyclic) bond motifs is 1. The minimum atomic E-state index is -0.235. The normalized spacial score (nSPS) is 16.7. The standard InChI is InChI=1S/C18H19N5O3/c1-12-4-5-13(16(9-12)26-14-6-8-25-11-14)10-19-18(24)15-3-2-7-23-17(15)20-21-22-23/h2-5,7,9,14H,6,8,10-11H2,1H3,(H,19,24). The molecule has 1 N–H and O–H groups in total. The SMILES string of the molecule is Cc1ccc(CNC(=O)c2cccn3nnnc23)c(OC2CCOC2)c1. The number of carbonyl (C=O) groups excluding carboxylic acids is 1. The van der Waals surface area contributed by atoms with Crippen LogP contribution in [0.1, 0.15) is 27.9 Å². The van der Waals surface area contributed by atoms with Crippen LogP contribution >= 0.6 is 0 Å². The van der Waals surface area contributed by atoms with Gasteiger partial charge in [-0.2, -0.15) is 4.52 Å². The Morgan fingerprint density at radius 2 is 2.35 bits per heavy atom. The minimum absolute atomic E-state index is 0.0575. The van der Waals surface area contributed by atoms with E-state index in [-0.39, 0.29) is 12.0 Å². The van der Waals surface area contributed by atoms with Gasteiger partial charge in [-0.05, 0) is 41.1 Å². The Morgan fingerprint density at radius 1 is 1.42 bits per heavy atom. The van der Waals surface area contributed by atoms with E-state index < -0.39 is 0 Å². The van der Waals surface area contributed by atoms with Crippen molar-refractivity contribution < 1.29 is 14.3 Å². The van der Waals surface area contributed by atoms with Crippen molar-refractivity contribution in [1.82, 2.24) is 25.4 Å². The van der Waals surface area contributed by atoms with Crippen LogP contribution in [0, 0.1) is 6.92 Å². The molecule has 134 valence electrons. The number of hydrogen-bond acceptors (Lipinski definition) is 6. The van der Waals surface area contributed by atoms with Crippen LogP contribution in [-0.4, -0.2) is 45.3 Å². The molecule has 0 radical (unpaired) electrons. The van der Waals surface area contributed by atoms with Crippen LogP contribution in [-0.2, 0) is 11.3 Å². The zero-order valence-corrected chi connectivity index (χ0v) is 14.4. The highest BCUT2D eigenvalue weighted by Crippen LogP contribution is 2.24. The minimum Gasteiger partial charge on any atom is -0.488 e. The van der Waals surface area contributed by atoms with Crippen LogP contribution < -0.4 is 10.1 Å². The molecule has 3 heterocycles. The smallest absolute Gasteiger partial charge is 0.255 e.